The van der Waals surface area contributed by atoms with Crippen LogP contribution in [-0.4, -0.2) is 32.2 Å². The molecule has 0 spiro atoms. The molecule has 2 aromatic heterocycles. The zero-order valence-electron chi connectivity index (χ0n) is 22.9. The molecule has 2 unspecified atom stereocenters. The van der Waals surface area contributed by atoms with Crippen molar-refractivity contribution in [3.05, 3.63) is 77.2 Å². The maximum absolute atomic E-state index is 15.5. The summed E-state index contributed by atoms with van der Waals surface area (Å²) in [4.78, 5) is 4.19. The molecule has 2 saturated carbocycles. The quantitative estimate of drug-likeness (QED) is 0.224. The zero-order chi connectivity index (χ0) is 29.9. The summed E-state index contributed by atoms with van der Waals surface area (Å²) in [5, 5.41) is 24.7. The fourth-order valence-corrected chi connectivity index (χ4v) is 5.88. The Labute approximate surface area is 238 Å². The van der Waals surface area contributed by atoms with Crippen LogP contribution in [0.1, 0.15) is 68.8 Å². The topological polar surface area (TPSA) is 91.5 Å². The number of halogens is 5. The molecule has 0 bridgehead atoms. The van der Waals surface area contributed by atoms with Gasteiger partial charge in [-0.05, 0) is 60.9 Å². The first-order chi connectivity index (χ1) is 19.9. The summed E-state index contributed by atoms with van der Waals surface area (Å²) in [7, 11) is 0. The smallest absolute Gasteiger partial charge is 0.380 e. The predicted molar refractivity (Wildman–Crippen MR) is 147 cm³/mol. The normalized spacial score (nSPS) is 19.8. The predicted octanol–water partition coefficient (Wildman–Crippen LogP) is 7.22. The van der Waals surface area contributed by atoms with Crippen LogP contribution in [0.5, 0.6) is 0 Å². The molecule has 12 heteroatoms. The summed E-state index contributed by atoms with van der Waals surface area (Å²) in [5.41, 5.74) is -0.435. The van der Waals surface area contributed by atoms with Gasteiger partial charge >= 0.3 is 6.18 Å². The summed E-state index contributed by atoms with van der Waals surface area (Å²) in [5.74, 6) is -1.14. The van der Waals surface area contributed by atoms with E-state index in [0.29, 0.717) is 16.6 Å². The highest BCUT2D eigenvalue weighted by molar-refractivity contribution is 5.96. The van der Waals surface area contributed by atoms with Crippen LogP contribution in [0.3, 0.4) is 0 Å². The molecule has 218 valence electrons. The first-order valence-electron chi connectivity index (χ1n) is 13.7. The van der Waals surface area contributed by atoms with Gasteiger partial charge in [-0.3, -0.25) is 4.98 Å². The van der Waals surface area contributed by atoms with Gasteiger partial charge in [-0.15, -0.1) is 5.10 Å². The van der Waals surface area contributed by atoms with Crippen LogP contribution in [0.25, 0.3) is 10.9 Å². The van der Waals surface area contributed by atoms with E-state index in [4.69, 9.17) is 0 Å². The third-order valence-electron chi connectivity index (χ3n) is 8.63. The Balaban J connectivity index is 1.42. The monoisotopic (exact) mass is 581 g/mol. The molecule has 7 nitrogen and oxygen atoms in total. The number of anilines is 2. The van der Waals surface area contributed by atoms with Gasteiger partial charge in [-0.1, -0.05) is 37.6 Å². The molecule has 42 heavy (non-hydrogen) atoms. The maximum atomic E-state index is 15.5. The summed E-state index contributed by atoms with van der Waals surface area (Å²) >= 11 is 0. The molecule has 2 aromatic carbocycles. The molecule has 0 radical (unpaired) electrons. The van der Waals surface area contributed by atoms with Gasteiger partial charge in [0.15, 0.2) is 11.4 Å². The number of nitriles is 1. The van der Waals surface area contributed by atoms with Crippen molar-refractivity contribution >= 4 is 22.3 Å². The third kappa shape index (κ3) is 4.80. The van der Waals surface area contributed by atoms with E-state index >= 15 is 4.39 Å². The van der Waals surface area contributed by atoms with E-state index in [1.807, 2.05) is 0 Å². The van der Waals surface area contributed by atoms with Gasteiger partial charge in [0.1, 0.15) is 23.1 Å². The van der Waals surface area contributed by atoms with Crippen molar-refractivity contribution in [2.75, 3.05) is 10.6 Å². The number of pyridine rings is 1. The lowest BCUT2D eigenvalue weighted by Gasteiger charge is -2.29. The third-order valence-corrected chi connectivity index (χ3v) is 8.63. The molecule has 6 rings (SSSR count). The van der Waals surface area contributed by atoms with Gasteiger partial charge in [0.2, 0.25) is 0 Å². The highest BCUT2D eigenvalue weighted by Crippen LogP contribution is 2.55. The fraction of sp³-hybridized carbons (Fsp3) is 0.400. The number of hydrogen-bond acceptors (Lipinski definition) is 6. The molecular formula is C30H28F5N7. The lowest BCUT2D eigenvalue weighted by Crippen LogP contribution is -2.35. The van der Waals surface area contributed by atoms with Crippen LogP contribution in [0.4, 0.5) is 33.3 Å². The summed E-state index contributed by atoms with van der Waals surface area (Å²) in [6, 6.07) is 9.59. The number of aromatic nitrogens is 4. The molecule has 0 aliphatic heterocycles. The Hall–Kier alpha value is -4.27. The van der Waals surface area contributed by atoms with E-state index in [0.717, 1.165) is 23.9 Å². The van der Waals surface area contributed by atoms with Crippen molar-refractivity contribution in [2.45, 2.75) is 69.8 Å². The van der Waals surface area contributed by atoms with Crippen LogP contribution in [0, 0.1) is 28.4 Å². The van der Waals surface area contributed by atoms with Crippen molar-refractivity contribution in [1.82, 2.24) is 20.0 Å². The van der Waals surface area contributed by atoms with Crippen LogP contribution in [-0.2, 0) is 5.54 Å². The number of alkyl halides is 3. The standard InChI is InChI=1S/C30H28F5N7/c1-28(2)9-3-4-24(28)39-25-18(14-36)15-37-27-21(25)12-20(13-22(27)32)38-26(17-5-7-19(31)8-6-17)23-16-42(41-40-23)29(10-11-29)30(33,34)35/h5-8,12-13,15-16,24,26,38H,3-4,9-11H2,1-2H3,(H,37,39). The average Bonchev–Trinajstić information content (AvgIpc) is 3.51. The van der Waals surface area contributed by atoms with Gasteiger partial charge in [-0.2, -0.15) is 18.4 Å². The minimum Gasteiger partial charge on any atom is -0.380 e. The molecule has 0 saturated heterocycles. The van der Waals surface area contributed by atoms with E-state index in [-0.39, 0.29) is 46.8 Å². The lowest BCUT2D eigenvalue weighted by atomic mass is 9.87. The Bertz CT molecular complexity index is 1680. The number of rotatable bonds is 7. The van der Waals surface area contributed by atoms with Gasteiger partial charge in [-0.25, -0.2) is 13.5 Å². The molecular weight excluding hydrogens is 553 g/mol. The van der Waals surface area contributed by atoms with Gasteiger partial charge in [0.05, 0.1) is 23.5 Å². The highest BCUT2D eigenvalue weighted by atomic mass is 19.4. The van der Waals surface area contributed by atoms with Crippen molar-refractivity contribution in [1.29, 1.82) is 5.26 Å². The number of nitrogens with one attached hydrogen (secondary N) is 2. The zero-order valence-corrected chi connectivity index (χ0v) is 22.9. The molecule has 2 atom stereocenters. The molecule has 2 aliphatic carbocycles. The first-order valence-corrected chi connectivity index (χ1v) is 13.7. The van der Waals surface area contributed by atoms with E-state index in [1.165, 1.54) is 42.7 Å². The average molecular weight is 582 g/mol. The Morgan fingerprint density at radius 1 is 1.10 bits per heavy atom. The number of fused-ring (bicyclic) bond motifs is 1. The van der Waals surface area contributed by atoms with Gasteiger partial charge < -0.3 is 10.6 Å². The lowest BCUT2D eigenvalue weighted by molar-refractivity contribution is -0.182. The van der Waals surface area contributed by atoms with E-state index in [9.17, 15) is 22.8 Å². The largest absolute Gasteiger partial charge is 0.413 e. The Morgan fingerprint density at radius 3 is 2.45 bits per heavy atom. The molecule has 4 aromatic rings. The van der Waals surface area contributed by atoms with Crippen molar-refractivity contribution in [2.24, 2.45) is 5.41 Å². The Kier molecular flexibility index (Phi) is 6.59. The summed E-state index contributed by atoms with van der Waals surface area (Å²) < 4.78 is 71.4. The van der Waals surface area contributed by atoms with Crippen LogP contribution >= 0.6 is 0 Å². The minimum absolute atomic E-state index is 0.0361. The molecule has 2 aliphatic rings. The van der Waals surface area contributed by atoms with Crippen LogP contribution < -0.4 is 10.6 Å². The van der Waals surface area contributed by atoms with Crippen molar-refractivity contribution in [3.8, 4) is 6.07 Å². The first kappa shape index (κ1) is 27.9. The van der Waals surface area contributed by atoms with Crippen LogP contribution in [0.2, 0.25) is 0 Å². The summed E-state index contributed by atoms with van der Waals surface area (Å²) in [6.07, 6.45) is 0.779. The van der Waals surface area contributed by atoms with Gasteiger partial charge in [0.25, 0.3) is 0 Å². The molecule has 2 heterocycles. The van der Waals surface area contributed by atoms with Crippen LogP contribution in [0.15, 0.2) is 48.8 Å². The second kappa shape index (κ2) is 9.93. The van der Waals surface area contributed by atoms with E-state index < -0.39 is 29.4 Å². The molecule has 2 fully saturated rings. The summed E-state index contributed by atoms with van der Waals surface area (Å²) in [6.45, 7) is 4.29. The maximum Gasteiger partial charge on any atom is 0.413 e. The SMILES string of the molecule is CC1(C)CCCC1Nc1c(C#N)cnc2c(F)cc(NC(c3ccc(F)cc3)c3cn(C4(C(F)(F)F)CC4)nn3)cc12. The molecule has 2 N–H and O–H groups in total. The Morgan fingerprint density at radius 2 is 1.83 bits per heavy atom. The second-order valence-corrected chi connectivity index (χ2v) is 11.8. The van der Waals surface area contributed by atoms with Crippen molar-refractivity contribution in [3.63, 3.8) is 0 Å². The van der Waals surface area contributed by atoms with Gasteiger partial charge in [0, 0.05) is 23.3 Å². The fourth-order valence-electron chi connectivity index (χ4n) is 5.88. The van der Waals surface area contributed by atoms with Crippen molar-refractivity contribution < 1.29 is 22.0 Å². The minimum atomic E-state index is -4.50. The highest BCUT2D eigenvalue weighted by Gasteiger charge is 2.66. The number of benzene rings is 2. The molecule has 0 amide bonds. The van der Waals surface area contributed by atoms with E-state index in [2.05, 4.69) is 45.8 Å². The number of nitrogens with zero attached hydrogens (tertiary/aromatic N) is 5. The number of hydrogen-bond donors (Lipinski definition) is 2. The second-order valence-electron chi connectivity index (χ2n) is 11.8. The van der Waals surface area contributed by atoms with E-state index in [1.54, 1.807) is 6.07 Å².